The number of benzene rings is 3. The number of aromatic amines is 1. The number of imidazole rings is 1. The number of rotatable bonds is 9. The number of nitrogens with zero attached hydrogens (tertiary/aromatic N) is 3. The highest BCUT2D eigenvalue weighted by molar-refractivity contribution is 9.10. The zero-order valence-corrected chi connectivity index (χ0v) is 25.0. The number of nitrogen functional groups attached to an aromatic ring is 1. The van der Waals surface area contributed by atoms with Crippen LogP contribution in [-0.4, -0.2) is 57.7 Å². The maximum absolute atomic E-state index is 12.4. The number of aliphatic hydroxyl groups excluding tert-OH is 1. The van der Waals surface area contributed by atoms with E-state index < -0.39 is 29.6 Å². The van der Waals surface area contributed by atoms with Crippen LogP contribution < -0.4 is 20.8 Å². The van der Waals surface area contributed by atoms with Crippen LogP contribution >= 0.6 is 15.9 Å². The quantitative estimate of drug-likeness (QED) is 0.159. The maximum atomic E-state index is 12.4. The van der Waals surface area contributed by atoms with Crippen LogP contribution in [-0.2, 0) is 15.1 Å². The number of ether oxygens (including phenoxy) is 4. The number of halogens is 1. The Labute approximate surface area is 255 Å². The number of nitrogens with two attached hydrogens (primary N) is 1. The van der Waals surface area contributed by atoms with Crippen LogP contribution in [0, 0.1) is 0 Å². The third kappa shape index (κ3) is 5.27. The number of aromatic nitrogens is 4. The summed E-state index contributed by atoms with van der Waals surface area (Å²) in [5.41, 5.74) is 7.23. The van der Waals surface area contributed by atoms with E-state index in [1.165, 1.54) is 0 Å². The number of nitrogens with one attached hydrogen (secondary N) is 1. The molecule has 0 amide bonds. The van der Waals surface area contributed by atoms with Gasteiger partial charge in [0.15, 0.2) is 15.9 Å². The first kappa shape index (κ1) is 28.9. The Balaban J connectivity index is 1.38. The Morgan fingerprint density at radius 1 is 0.977 bits per heavy atom. The van der Waals surface area contributed by atoms with E-state index in [0.717, 1.165) is 16.7 Å². The summed E-state index contributed by atoms with van der Waals surface area (Å²) < 4.78 is 26.1. The minimum Gasteiger partial charge on any atom is -0.497 e. The van der Waals surface area contributed by atoms with Gasteiger partial charge < -0.3 is 29.8 Å². The number of methoxy groups -OCH3 is 2. The molecular weight excluding hydrogens is 618 g/mol. The molecule has 0 spiro atoms. The average molecular weight is 649 g/mol. The van der Waals surface area contributed by atoms with Gasteiger partial charge in [0.1, 0.15) is 29.4 Å². The monoisotopic (exact) mass is 647 g/mol. The Kier molecular flexibility index (Phi) is 7.93. The highest BCUT2D eigenvalue weighted by Crippen LogP contribution is 2.43. The van der Waals surface area contributed by atoms with Crippen LogP contribution in [0.3, 0.4) is 0 Å². The molecule has 43 heavy (non-hydrogen) atoms. The summed E-state index contributed by atoms with van der Waals surface area (Å²) in [6, 6.07) is 25.3. The second kappa shape index (κ2) is 11.8. The lowest BCUT2D eigenvalue weighted by atomic mass is 9.80. The maximum Gasteiger partial charge on any atom is 0.280 e. The Bertz CT molecular complexity index is 1730. The van der Waals surface area contributed by atoms with Crippen LogP contribution in [0.5, 0.6) is 11.5 Å². The van der Waals surface area contributed by atoms with Crippen molar-refractivity contribution in [2.24, 2.45) is 0 Å². The zero-order valence-electron chi connectivity index (χ0n) is 23.4. The number of hydrogen-bond acceptors (Lipinski definition) is 9. The van der Waals surface area contributed by atoms with Crippen LogP contribution in [0.15, 0.2) is 88.4 Å². The second-order valence-corrected chi connectivity index (χ2v) is 10.8. The molecule has 0 bridgehead atoms. The molecule has 1 fully saturated rings. The van der Waals surface area contributed by atoms with E-state index in [1.807, 2.05) is 78.9 Å². The molecule has 1 aliphatic heterocycles. The van der Waals surface area contributed by atoms with Gasteiger partial charge in [0.25, 0.3) is 5.56 Å². The first-order valence-corrected chi connectivity index (χ1v) is 14.4. The molecule has 0 unspecified atom stereocenters. The van der Waals surface area contributed by atoms with Crippen molar-refractivity contribution in [2.45, 2.75) is 30.5 Å². The number of aliphatic hydroxyl groups is 1. The molecule has 3 atom stereocenters. The molecule has 3 heterocycles. The molecule has 5 aromatic rings. The van der Waals surface area contributed by atoms with Gasteiger partial charge in [0.05, 0.1) is 26.9 Å². The molecule has 2 aromatic heterocycles. The summed E-state index contributed by atoms with van der Waals surface area (Å²) in [6.07, 6.45) is -2.05. The molecule has 1 saturated heterocycles. The minimum absolute atomic E-state index is 0.0328. The first-order chi connectivity index (χ1) is 20.8. The Morgan fingerprint density at radius 3 is 2.14 bits per heavy atom. The van der Waals surface area contributed by atoms with Gasteiger partial charge in [-0.1, -0.05) is 54.6 Å². The molecule has 222 valence electrons. The van der Waals surface area contributed by atoms with Crippen molar-refractivity contribution in [1.82, 2.24) is 19.5 Å². The minimum atomic E-state index is -1.08. The average Bonchev–Trinajstić information content (AvgIpc) is 3.56. The van der Waals surface area contributed by atoms with E-state index in [4.69, 9.17) is 24.7 Å². The second-order valence-electron chi connectivity index (χ2n) is 10.1. The topological polar surface area (TPSA) is 147 Å². The molecular formula is C31H30BrN5O6. The Hall–Kier alpha value is -4.23. The fourth-order valence-corrected chi connectivity index (χ4v) is 6.11. The van der Waals surface area contributed by atoms with Gasteiger partial charge in [0.2, 0.25) is 5.95 Å². The summed E-state index contributed by atoms with van der Waals surface area (Å²) in [4.78, 5) is 23.4. The van der Waals surface area contributed by atoms with Gasteiger partial charge in [-0.3, -0.25) is 14.3 Å². The molecule has 12 heteroatoms. The smallest absolute Gasteiger partial charge is 0.280 e. The van der Waals surface area contributed by atoms with E-state index in [1.54, 1.807) is 18.8 Å². The molecule has 0 saturated carbocycles. The summed E-state index contributed by atoms with van der Waals surface area (Å²) in [5, 5.41) is 11.2. The van der Waals surface area contributed by atoms with Gasteiger partial charge in [-0.05, 0) is 56.9 Å². The molecule has 0 aliphatic carbocycles. The predicted molar refractivity (Wildman–Crippen MR) is 163 cm³/mol. The van der Waals surface area contributed by atoms with Gasteiger partial charge in [-0.2, -0.15) is 4.98 Å². The third-order valence-corrected chi connectivity index (χ3v) is 8.21. The number of fused-ring (bicyclic) bond motifs is 1. The van der Waals surface area contributed by atoms with E-state index in [2.05, 4.69) is 30.9 Å². The van der Waals surface area contributed by atoms with Gasteiger partial charge in [-0.25, -0.2) is 4.98 Å². The number of H-pyrrole nitrogens is 1. The predicted octanol–water partition coefficient (Wildman–Crippen LogP) is 4.14. The summed E-state index contributed by atoms with van der Waals surface area (Å²) in [7, 11) is 3.24. The lowest BCUT2D eigenvalue weighted by Crippen LogP contribution is -2.38. The first-order valence-electron chi connectivity index (χ1n) is 13.6. The molecule has 6 rings (SSSR count). The van der Waals surface area contributed by atoms with Gasteiger partial charge in [-0.15, -0.1) is 0 Å². The zero-order chi connectivity index (χ0) is 30.1. The lowest BCUT2D eigenvalue weighted by molar-refractivity contribution is -0.0934. The SMILES string of the molecule is COc1ccc(C(OC[C@H]2O[C@@H](n3c(Br)nc4c(=O)[nH]c(N)nc43)C[C@@H]2O)(c2ccccc2)c2ccc(OC)cc2)cc1. The van der Waals surface area contributed by atoms with E-state index in [0.29, 0.717) is 16.2 Å². The van der Waals surface area contributed by atoms with E-state index in [9.17, 15) is 9.90 Å². The van der Waals surface area contributed by atoms with Crippen LogP contribution in [0.1, 0.15) is 29.3 Å². The van der Waals surface area contributed by atoms with Gasteiger partial charge in [0, 0.05) is 6.42 Å². The van der Waals surface area contributed by atoms with Crippen LogP contribution in [0.2, 0.25) is 0 Å². The number of anilines is 1. The van der Waals surface area contributed by atoms with E-state index >= 15 is 0 Å². The van der Waals surface area contributed by atoms with Crippen molar-refractivity contribution in [2.75, 3.05) is 26.6 Å². The lowest BCUT2D eigenvalue weighted by Gasteiger charge is -2.37. The van der Waals surface area contributed by atoms with Crippen molar-refractivity contribution in [3.8, 4) is 11.5 Å². The summed E-state index contributed by atoms with van der Waals surface area (Å²) in [5.74, 6) is 1.38. The molecule has 3 aromatic carbocycles. The van der Waals surface area contributed by atoms with Crippen molar-refractivity contribution < 1.29 is 24.1 Å². The highest BCUT2D eigenvalue weighted by atomic mass is 79.9. The standard InChI is InChI=1S/C31H30BrN5O6/c1-40-21-12-8-19(9-13-21)31(18-6-4-3-5-7-18,20-10-14-22(41-2)15-11-20)42-17-24-23(38)16-25(43-24)37-27-26(34-29(37)32)28(39)36-30(33)35-27/h3-15,23-25,38H,16-17H2,1-2H3,(H3,33,35,36,39)/t23-,24+,25+/m0/s1. The van der Waals surface area contributed by atoms with Crippen LogP contribution in [0.25, 0.3) is 11.2 Å². The van der Waals surface area contributed by atoms with Crippen molar-refractivity contribution >= 4 is 33.0 Å². The Morgan fingerprint density at radius 2 is 1.56 bits per heavy atom. The summed E-state index contributed by atoms with van der Waals surface area (Å²) >= 11 is 3.41. The van der Waals surface area contributed by atoms with E-state index in [-0.39, 0.29) is 30.1 Å². The van der Waals surface area contributed by atoms with Crippen molar-refractivity contribution in [3.63, 3.8) is 0 Å². The molecule has 0 radical (unpaired) electrons. The largest absolute Gasteiger partial charge is 0.497 e. The van der Waals surface area contributed by atoms with Crippen LogP contribution in [0.4, 0.5) is 5.95 Å². The van der Waals surface area contributed by atoms with Crippen molar-refractivity contribution in [3.05, 3.63) is 111 Å². The van der Waals surface area contributed by atoms with Crippen molar-refractivity contribution in [1.29, 1.82) is 0 Å². The van der Waals surface area contributed by atoms with Gasteiger partial charge >= 0.3 is 0 Å². The highest BCUT2D eigenvalue weighted by Gasteiger charge is 2.42. The fourth-order valence-electron chi connectivity index (χ4n) is 5.53. The normalized spacial score (nSPS) is 18.7. The molecule has 1 aliphatic rings. The molecule has 11 nitrogen and oxygen atoms in total. The molecule has 4 N–H and O–H groups in total. The number of hydrogen-bond donors (Lipinski definition) is 3. The summed E-state index contributed by atoms with van der Waals surface area (Å²) in [6.45, 7) is 0.0328. The third-order valence-electron chi connectivity index (χ3n) is 7.66. The fraction of sp³-hybridized carbons (Fsp3) is 0.258.